The van der Waals surface area contributed by atoms with Crippen LogP contribution in [0.3, 0.4) is 0 Å². The van der Waals surface area contributed by atoms with Crippen molar-refractivity contribution in [2.75, 3.05) is 40.3 Å². The minimum atomic E-state index is 0.215. The van der Waals surface area contributed by atoms with Crippen molar-refractivity contribution in [3.05, 3.63) is 16.9 Å². The van der Waals surface area contributed by atoms with Crippen LogP contribution in [0.5, 0.6) is 0 Å². The molecule has 6 heteroatoms. The lowest BCUT2D eigenvalue weighted by atomic mass is 10.00. The topological polar surface area (TPSA) is 36.3 Å². The first kappa shape index (κ1) is 16.7. The first-order chi connectivity index (χ1) is 10.1. The predicted octanol–water partition coefficient (Wildman–Crippen LogP) is 1.84. The Morgan fingerprint density at radius 3 is 2.81 bits per heavy atom. The normalized spacial score (nSPS) is 22.6. The fraction of sp³-hybridized carbons (Fsp3) is 0.800. The van der Waals surface area contributed by atoms with Crippen LogP contribution >= 0.6 is 11.6 Å². The SMILES string of the molecule is CCCNC(c1c(Cl)cnn1CC)C1CN(C)CCN1C. The molecule has 0 bridgehead atoms. The van der Waals surface area contributed by atoms with Gasteiger partial charge in [-0.15, -0.1) is 0 Å². The number of aromatic nitrogens is 2. The van der Waals surface area contributed by atoms with Crippen LogP contribution in [0.2, 0.25) is 5.02 Å². The van der Waals surface area contributed by atoms with Crippen molar-refractivity contribution in [3.8, 4) is 0 Å². The van der Waals surface area contributed by atoms with Gasteiger partial charge in [-0.2, -0.15) is 5.10 Å². The molecule has 1 N–H and O–H groups in total. The van der Waals surface area contributed by atoms with Gasteiger partial charge in [-0.1, -0.05) is 18.5 Å². The fourth-order valence-electron chi connectivity index (χ4n) is 3.05. The van der Waals surface area contributed by atoms with Gasteiger partial charge in [-0.25, -0.2) is 0 Å². The van der Waals surface area contributed by atoms with Gasteiger partial charge < -0.3 is 10.2 Å². The molecule has 1 fully saturated rings. The fourth-order valence-corrected chi connectivity index (χ4v) is 3.31. The van der Waals surface area contributed by atoms with E-state index in [1.165, 1.54) is 0 Å². The van der Waals surface area contributed by atoms with Crippen LogP contribution in [-0.4, -0.2) is 65.9 Å². The smallest absolute Gasteiger partial charge is 0.0834 e. The Morgan fingerprint density at radius 1 is 1.38 bits per heavy atom. The molecule has 2 unspecified atom stereocenters. The molecule has 1 aromatic heterocycles. The molecule has 2 atom stereocenters. The maximum atomic E-state index is 6.45. The zero-order valence-electron chi connectivity index (χ0n) is 13.6. The van der Waals surface area contributed by atoms with E-state index >= 15 is 0 Å². The van der Waals surface area contributed by atoms with E-state index in [4.69, 9.17) is 11.6 Å². The molecule has 0 aromatic carbocycles. The number of hydrogen-bond donors (Lipinski definition) is 1. The molecule has 5 nitrogen and oxygen atoms in total. The molecule has 0 saturated carbocycles. The van der Waals surface area contributed by atoms with E-state index < -0.39 is 0 Å². The summed E-state index contributed by atoms with van der Waals surface area (Å²) in [6.07, 6.45) is 2.88. The maximum absolute atomic E-state index is 6.45. The highest BCUT2D eigenvalue weighted by atomic mass is 35.5. The third-order valence-corrected chi connectivity index (χ3v) is 4.62. The van der Waals surface area contributed by atoms with Gasteiger partial charge in [0, 0.05) is 32.2 Å². The lowest BCUT2D eigenvalue weighted by Crippen LogP contribution is -2.55. The van der Waals surface area contributed by atoms with Gasteiger partial charge >= 0.3 is 0 Å². The van der Waals surface area contributed by atoms with Crippen LogP contribution < -0.4 is 5.32 Å². The van der Waals surface area contributed by atoms with Gasteiger partial charge in [0.2, 0.25) is 0 Å². The molecule has 0 spiro atoms. The van der Waals surface area contributed by atoms with Gasteiger partial charge in [-0.05, 0) is 34.0 Å². The molecule has 1 aromatic rings. The third kappa shape index (κ3) is 3.77. The first-order valence-corrected chi connectivity index (χ1v) is 8.29. The van der Waals surface area contributed by atoms with Crippen LogP contribution in [0.15, 0.2) is 6.20 Å². The standard InChI is InChI=1S/C15H28ClN5/c1-5-7-17-14(13-11-19(3)8-9-20(13)4)15-12(16)10-18-21(15)6-2/h10,13-14,17H,5-9,11H2,1-4H3. The maximum Gasteiger partial charge on any atom is 0.0834 e. The summed E-state index contributed by atoms with van der Waals surface area (Å²) in [6.45, 7) is 9.39. The molecular weight excluding hydrogens is 286 g/mol. The number of hydrogen-bond acceptors (Lipinski definition) is 4. The van der Waals surface area contributed by atoms with Crippen molar-refractivity contribution in [2.24, 2.45) is 0 Å². The van der Waals surface area contributed by atoms with Gasteiger partial charge in [0.05, 0.1) is 23.0 Å². The lowest BCUT2D eigenvalue weighted by Gasteiger charge is -2.42. The molecule has 0 radical (unpaired) electrons. The molecule has 21 heavy (non-hydrogen) atoms. The predicted molar refractivity (Wildman–Crippen MR) is 87.9 cm³/mol. The highest BCUT2D eigenvalue weighted by Gasteiger charge is 2.33. The summed E-state index contributed by atoms with van der Waals surface area (Å²) in [5, 5.41) is 8.88. The Hall–Kier alpha value is -0.620. The zero-order valence-corrected chi connectivity index (χ0v) is 14.4. The highest BCUT2D eigenvalue weighted by Crippen LogP contribution is 2.29. The Bertz CT molecular complexity index is 447. The number of piperazine rings is 1. The number of halogens is 1. The van der Waals surface area contributed by atoms with Crippen molar-refractivity contribution in [3.63, 3.8) is 0 Å². The van der Waals surface area contributed by atoms with E-state index in [0.717, 1.165) is 49.9 Å². The van der Waals surface area contributed by atoms with E-state index in [1.807, 2.05) is 4.68 Å². The van der Waals surface area contributed by atoms with Crippen molar-refractivity contribution in [2.45, 2.75) is 38.9 Å². The minimum absolute atomic E-state index is 0.215. The molecular formula is C15H28ClN5. The second-order valence-electron chi connectivity index (χ2n) is 5.94. The summed E-state index contributed by atoms with van der Waals surface area (Å²) in [5.41, 5.74) is 1.12. The van der Waals surface area contributed by atoms with Gasteiger partial charge in [0.15, 0.2) is 0 Å². The second kappa shape index (κ2) is 7.58. The first-order valence-electron chi connectivity index (χ1n) is 7.91. The van der Waals surface area contributed by atoms with E-state index in [0.29, 0.717) is 6.04 Å². The molecule has 2 heterocycles. The minimum Gasteiger partial charge on any atom is -0.307 e. The Kier molecular flexibility index (Phi) is 6.05. The van der Waals surface area contributed by atoms with Crippen LogP contribution in [0.25, 0.3) is 0 Å². The molecule has 2 rings (SSSR count). The summed E-state index contributed by atoms with van der Waals surface area (Å²) in [7, 11) is 4.40. The van der Waals surface area contributed by atoms with Crippen LogP contribution in [0, 0.1) is 0 Å². The molecule has 0 amide bonds. The van der Waals surface area contributed by atoms with E-state index in [1.54, 1.807) is 6.20 Å². The Labute approximate surface area is 133 Å². The van der Waals surface area contributed by atoms with Gasteiger partial charge in [-0.3, -0.25) is 9.58 Å². The summed E-state index contributed by atoms with van der Waals surface area (Å²) in [4.78, 5) is 4.84. The van der Waals surface area contributed by atoms with Crippen LogP contribution in [0.4, 0.5) is 0 Å². The number of nitrogens with zero attached hydrogens (tertiary/aromatic N) is 4. The summed E-state index contributed by atoms with van der Waals surface area (Å²) in [5.74, 6) is 0. The second-order valence-corrected chi connectivity index (χ2v) is 6.34. The van der Waals surface area contributed by atoms with Crippen LogP contribution in [0.1, 0.15) is 32.0 Å². The van der Waals surface area contributed by atoms with Gasteiger partial charge in [0.1, 0.15) is 0 Å². The van der Waals surface area contributed by atoms with Crippen molar-refractivity contribution in [1.82, 2.24) is 24.9 Å². The highest BCUT2D eigenvalue weighted by molar-refractivity contribution is 6.31. The summed E-state index contributed by atoms with van der Waals surface area (Å²) in [6, 6.07) is 0.627. The molecule has 1 aliphatic heterocycles. The summed E-state index contributed by atoms with van der Waals surface area (Å²) >= 11 is 6.45. The Morgan fingerprint density at radius 2 is 2.14 bits per heavy atom. The zero-order chi connectivity index (χ0) is 15.4. The number of likely N-dealkylation sites (N-methyl/N-ethyl adjacent to an activating group) is 2. The number of nitrogens with one attached hydrogen (secondary N) is 1. The van der Waals surface area contributed by atoms with Crippen molar-refractivity contribution in [1.29, 1.82) is 0 Å². The van der Waals surface area contributed by atoms with Gasteiger partial charge in [0.25, 0.3) is 0 Å². The molecule has 1 saturated heterocycles. The molecule has 120 valence electrons. The largest absolute Gasteiger partial charge is 0.307 e. The monoisotopic (exact) mass is 313 g/mol. The van der Waals surface area contributed by atoms with Crippen molar-refractivity contribution >= 4 is 11.6 Å². The third-order valence-electron chi connectivity index (χ3n) is 4.33. The van der Waals surface area contributed by atoms with Crippen LogP contribution in [-0.2, 0) is 6.54 Å². The summed E-state index contributed by atoms with van der Waals surface area (Å²) < 4.78 is 2.03. The van der Waals surface area contributed by atoms with E-state index in [2.05, 4.69) is 48.2 Å². The Balaban J connectivity index is 2.30. The number of rotatable bonds is 6. The molecule has 0 aliphatic carbocycles. The lowest BCUT2D eigenvalue weighted by molar-refractivity contribution is 0.0852. The van der Waals surface area contributed by atoms with Crippen molar-refractivity contribution < 1.29 is 0 Å². The average molecular weight is 314 g/mol. The van der Waals surface area contributed by atoms with E-state index in [-0.39, 0.29) is 6.04 Å². The average Bonchev–Trinajstić information content (AvgIpc) is 2.84. The molecule has 1 aliphatic rings. The quantitative estimate of drug-likeness (QED) is 0.869. The number of aryl methyl sites for hydroxylation is 1. The van der Waals surface area contributed by atoms with E-state index in [9.17, 15) is 0 Å².